The summed E-state index contributed by atoms with van der Waals surface area (Å²) in [5.74, 6) is -0.246. The number of hydrogen-bond donors (Lipinski definition) is 12. The molecule has 0 aromatic rings. The monoisotopic (exact) mass is 1360 g/mol. The summed E-state index contributed by atoms with van der Waals surface area (Å²) in [5, 5.41) is 121. The van der Waals surface area contributed by atoms with Crippen LogP contribution in [-0.2, 0) is 33.2 Å². The van der Waals surface area contributed by atoms with Crippen molar-refractivity contribution in [2.75, 3.05) is 26.4 Å². The van der Waals surface area contributed by atoms with Crippen molar-refractivity contribution in [2.45, 2.75) is 413 Å². The standard InChI is InChI=1S/C76H141NO18/c1-3-5-7-9-11-13-15-17-19-21-23-25-27-28-29-30-32-33-35-37-39-41-43-45-47-49-51-53-60(81)59(77-64(82)54-52-50-48-46-44-42-40-38-36-34-31-26-24-22-20-18-16-14-12-10-8-6-4-2)58-90-74-70(88)67(85)72(62(56-79)92-74)95-76-71(89)68(86)73(63(57-80)93-76)94-75-69(87)66(84)65(83)61(55-78)91-75/h16,18,22,24,31,34,59-63,65-76,78-81,83-89H,3-15,17,19-21,23,25-30,32-33,35-58H2,1-2H3,(H,77,82)/b18-16-,24-22-,34-31-. The predicted molar refractivity (Wildman–Crippen MR) is 374 cm³/mol. The minimum atomic E-state index is -1.97. The van der Waals surface area contributed by atoms with Gasteiger partial charge in [0, 0.05) is 6.42 Å². The van der Waals surface area contributed by atoms with E-state index in [4.69, 9.17) is 28.4 Å². The Morgan fingerprint density at radius 2 is 0.695 bits per heavy atom. The molecule has 0 aromatic carbocycles. The Morgan fingerprint density at radius 1 is 0.379 bits per heavy atom. The third kappa shape index (κ3) is 38.6. The summed E-state index contributed by atoms with van der Waals surface area (Å²) in [4.78, 5) is 13.5. The Morgan fingerprint density at radius 3 is 1.08 bits per heavy atom. The van der Waals surface area contributed by atoms with Gasteiger partial charge in [-0.25, -0.2) is 0 Å². The molecule has 19 heteroatoms. The molecule has 3 aliphatic rings. The van der Waals surface area contributed by atoms with Crippen molar-refractivity contribution in [1.82, 2.24) is 5.32 Å². The highest BCUT2D eigenvalue weighted by Crippen LogP contribution is 2.33. The molecule has 17 unspecified atom stereocenters. The molecule has 558 valence electrons. The van der Waals surface area contributed by atoms with Gasteiger partial charge in [0.15, 0.2) is 18.9 Å². The zero-order chi connectivity index (χ0) is 68.9. The number of nitrogens with one attached hydrogen (secondary N) is 1. The van der Waals surface area contributed by atoms with E-state index < -0.39 is 124 Å². The van der Waals surface area contributed by atoms with Crippen LogP contribution >= 0.6 is 0 Å². The minimum absolute atomic E-state index is 0.246. The second-order valence-electron chi connectivity index (χ2n) is 27.8. The summed E-state index contributed by atoms with van der Waals surface area (Å²) in [6.45, 7) is 1.82. The minimum Gasteiger partial charge on any atom is -0.394 e. The van der Waals surface area contributed by atoms with Crippen LogP contribution in [0.3, 0.4) is 0 Å². The molecule has 0 aromatic heterocycles. The van der Waals surface area contributed by atoms with E-state index in [9.17, 15) is 61.0 Å². The molecule has 0 spiro atoms. The van der Waals surface area contributed by atoms with Crippen molar-refractivity contribution >= 4 is 5.91 Å². The summed E-state index contributed by atoms with van der Waals surface area (Å²) in [7, 11) is 0. The van der Waals surface area contributed by atoms with Gasteiger partial charge in [-0.2, -0.15) is 0 Å². The van der Waals surface area contributed by atoms with Gasteiger partial charge < -0.3 is 89.9 Å². The second kappa shape index (κ2) is 57.6. The molecular weight excluding hydrogens is 1210 g/mol. The van der Waals surface area contributed by atoms with E-state index in [-0.39, 0.29) is 18.9 Å². The molecule has 0 aliphatic carbocycles. The van der Waals surface area contributed by atoms with E-state index in [2.05, 4.69) is 55.6 Å². The van der Waals surface area contributed by atoms with E-state index in [1.807, 2.05) is 0 Å². The normalized spacial score (nSPS) is 27.4. The lowest BCUT2D eigenvalue weighted by Crippen LogP contribution is -2.66. The van der Waals surface area contributed by atoms with E-state index in [1.165, 1.54) is 205 Å². The molecule has 3 fully saturated rings. The number of hydrogen-bond acceptors (Lipinski definition) is 18. The Bertz CT molecular complexity index is 1860. The topological polar surface area (TPSA) is 307 Å². The van der Waals surface area contributed by atoms with E-state index in [0.29, 0.717) is 12.8 Å². The lowest BCUT2D eigenvalue weighted by atomic mass is 9.96. The molecule has 19 nitrogen and oxygen atoms in total. The van der Waals surface area contributed by atoms with Gasteiger partial charge in [-0.1, -0.05) is 288 Å². The SMILES string of the molecule is CCCCCCC/C=C\C/C=C\C/C=C\CCCCCCCCCCC(=O)NC(COC1OC(CO)C(OC2OC(CO)C(OC3OC(CO)C(O)C(O)C3O)C(O)C2O)C(O)C1O)C(O)CCCCCCCCCCCCCCCCCCCCCCCCCCCCC. The first-order valence-electron chi connectivity index (χ1n) is 38.7. The molecule has 95 heavy (non-hydrogen) atoms. The molecule has 3 saturated heterocycles. The first kappa shape index (κ1) is 87.2. The first-order valence-corrected chi connectivity index (χ1v) is 38.7. The van der Waals surface area contributed by atoms with Gasteiger partial charge in [0.05, 0.1) is 38.6 Å². The number of allylic oxidation sites excluding steroid dienone is 6. The molecule has 17 atom stereocenters. The maximum atomic E-state index is 13.5. The van der Waals surface area contributed by atoms with Crippen LogP contribution in [0.4, 0.5) is 0 Å². The summed E-state index contributed by atoms with van der Waals surface area (Å²) < 4.78 is 34.5. The second-order valence-corrected chi connectivity index (χ2v) is 27.8. The largest absolute Gasteiger partial charge is 0.394 e. The lowest BCUT2D eigenvalue weighted by molar-refractivity contribution is -0.379. The van der Waals surface area contributed by atoms with Crippen molar-refractivity contribution < 1.29 is 89.4 Å². The Labute approximate surface area is 574 Å². The average Bonchev–Trinajstić information content (AvgIpc) is 0.787. The number of amides is 1. The van der Waals surface area contributed by atoms with Crippen molar-refractivity contribution in [1.29, 1.82) is 0 Å². The van der Waals surface area contributed by atoms with Crippen LogP contribution in [0.15, 0.2) is 36.5 Å². The van der Waals surface area contributed by atoms with Crippen LogP contribution in [-0.4, -0.2) is 193 Å². The van der Waals surface area contributed by atoms with Crippen molar-refractivity contribution in [3.63, 3.8) is 0 Å². The van der Waals surface area contributed by atoms with Gasteiger partial charge in [0.25, 0.3) is 0 Å². The summed E-state index contributed by atoms with van der Waals surface area (Å²) in [5.41, 5.74) is 0. The number of carbonyl (C=O) groups is 1. The predicted octanol–water partition coefficient (Wildman–Crippen LogP) is 11.9. The van der Waals surface area contributed by atoms with Gasteiger partial charge in [0.1, 0.15) is 73.2 Å². The molecule has 0 saturated carbocycles. The van der Waals surface area contributed by atoms with Crippen LogP contribution in [0.1, 0.15) is 309 Å². The highest BCUT2D eigenvalue weighted by molar-refractivity contribution is 5.76. The van der Waals surface area contributed by atoms with Crippen LogP contribution in [0.2, 0.25) is 0 Å². The fraction of sp³-hybridized carbons (Fsp3) is 0.908. The summed E-state index contributed by atoms with van der Waals surface area (Å²) >= 11 is 0. The van der Waals surface area contributed by atoms with Gasteiger partial charge in [-0.3, -0.25) is 4.79 Å². The highest BCUT2D eigenvalue weighted by atomic mass is 16.8. The zero-order valence-electron chi connectivity index (χ0n) is 59.4. The molecule has 0 radical (unpaired) electrons. The van der Waals surface area contributed by atoms with Crippen LogP contribution < -0.4 is 5.32 Å². The number of rotatable bonds is 61. The fourth-order valence-corrected chi connectivity index (χ4v) is 13.2. The molecule has 3 rings (SSSR count). The summed E-state index contributed by atoms with van der Waals surface area (Å²) in [6, 6.07) is -0.893. The van der Waals surface area contributed by atoms with Crippen molar-refractivity contribution in [3.8, 4) is 0 Å². The number of carbonyl (C=O) groups excluding carboxylic acids is 1. The zero-order valence-corrected chi connectivity index (χ0v) is 59.4. The molecule has 3 heterocycles. The highest BCUT2D eigenvalue weighted by Gasteiger charge is 2.54. The first-order chi connectivity index (χ1) is 46.3. The smallest absolute Gasteiger partial charge is 0.220 e. The molecule has 3 aliphatic heterocycles. The third-order valence-electron chi connectivity index (χ3n) is 19.5. The maximum absolute atomic E-state index is 13.5. The Balaban J connectivity index is 1.39. The Hall–Kier alpha value is -1.99. The molecule has 1 amide bonds. The number of ether oxygens (including phenoxy) is 6. The third-order valence-corrected chi connectivity index (χ3v) is 19.5. The van der Waals surface area contributed by atoms with E-state index >= 15 is 0 Å². The van der Waals surface area contributed by atoms with E-state index in [1.54, 1.807) is 0 Å². The number of aliphatic hydroxyl groups excluding tert-OH is 11. The van der Waals surface area contributed by atoms with Crippen LogP contribution in [0, 0.1) is 0 Å². The molecule has 0 bridgehead atoms. The van der Waals surface area contributed by atoms with Gasteiger partial charge in [-0.05, 0) is 51.4 Å². The molecular formula is C76H141NO18. The van der Waals surface area contributed by atoms with E-state index in [0.717, 1.165) is 70.6 Å². The van der Waals surface area contributed by atoms with Gasteiger partial charge >= 0.3 is 0 Å². The fourth-order valence-electron chi connectivity index (χ4n) is 13.2. The van der Waals surface area contributed by atoms with Gasteiger partial charge in [0.2, 0.25) is 5.91 Å². The Kier molecular flexibility index (Phi) is 52.9. The summed E-state index contributed by atoms with van der Waals surface area (Å²) in [6.07, 6.45) is 42.2. The number of unbranched alkanes of at least 4 members (excludes halogenated alkanes) is 39. The average molecular weight is 1360 g/mol. The van der Waals surface area contributed by atoms with Gasteiger partial charge in [-0.15, -0.1) is 0 Å². The molecule has 12 N–H and O–H groups in total. The van der Waals surface area contributed by atoms with Crippen molar-refractivity contribution in [3.05, 3.63) is 36.5 Å². The van der Waals surface area contributed by atoms with Crippen LogP contribution in [0.25, 0.3) is 0 Å². The number of aliphatic hydroxyl groups is 11. The van der Waals surface area contributed by atoms with Crippen molar-refractivity contribution in [2.24, 2.45) is 0 Å². The quantitative estimate of drug-likeness (QED) is 0.0199. The maximum Gasteiger partial charge on any atom is 0.220 e. The van der Waals surface area contributed by atoms with Crippen LogP contribution in [0.5, 0.6) is 0 Å². The lowest BCUT2D eigenvalue weighted by Gasteiger charge is -2.48.